The largest absolute Gasteiger partial charge is 0.305 e. The Balaban J connectivity index is 1.74. The summed E-state index contributed by atoms with van der Waals surface area (Å²) in [7, 11) is 1.75. The van der Waals surface area contributed by atoms with Gasteiger partial charge in [-0.05, 0) is 38.0 Å². The zero-order valence-electron chi connectivity index (χ0n) is 13.9. The summed E-state index contributed by atoms with van der Waals surface area (Å²) in [4.78, 5) is 21.1. The van der Waals surface area contributed by atoms with Gasteiger partial charge in [-0.2, -0.15) is 5.10 Å². The molecule has 0 aromatic carbocycles. The summed E-state index contributed by atoms with van der Waals surface area (Å²) in [5, 5.41) is 7.15. The van der Waals surface area contributed by atoms with Crippen molar-refractivity contribution in [2.24, 2.45) is 7.05 Å². The van der Waals surface area contributed by atoms with Crippen molar-refractivity contribution in [1.82, 2.24) is 19.7 Å². The van der Waals surface area contributed by atoms with E-state index in [-0.39, 0.29) is 5.91 Å². The van der Waals surface area contributed by atoms with Gasteiger partial charge < -0.3 is 5.32 Å². The van der Waals surface area contributed by atoms with Crippen LogP contribution in [0.25, 0.3) is 11.3 Å². The molecule has 1 aliphatic carbocycles. The van der Waals surface area contributed by atoms with Gasteiger partial charge in [-0.15, -0.1) is 0 Å². The fraction of sp³-hybridized carbons (Fsp3) is 0.222. The molecular weight excluding hydrogens is 321 g/mol. The molecule has 126 valence electrons. The van der Waals surface area contributed by atoms with Crippen LogP contribution in [0.15, 0.2) is 30.5 Å². The Kier molecular flexibility index (Phi) is 3.56. The number of fused-ring (bicyclic) bond motifs is 3. The summed E-state index contributed by atoms with van der Waals surface area (Å²) in [5.74, 6) is -0.237. The summed E-state index contributed by atoms with van der Waals surface area (Å²) >= 11 is 0. The van der Waals surface area contributed by atoms with Crippen molar-refractivity contribution in [3.63, 3.8) is 0 Å². The maximum atomic E-state index is 13.6. The van der Waals surface area contributed by atoms with Crippen LogP contribution < -0.4 is 5.32 Å². The lowest BCUT2D eigenvalue weighted by molar-refractivity contribution is 0.102. The van der Waals surface area contributed by atoms with Gasteiger partial charge in [-0.25, -0.2) is 9.37 Å². The number of amides is 1. The number of hydrogen-bond acceptors (Lipinski definition) is 4. The second kappa shape index (κ2) is 5.77. The van der Waals surface area contributed by atoms with Gasteiger partial charge in [-0.3, -0.25) is 14.5 Å². The molecule has 0 radical (unpaired) electrons. The molecule has 0 fully saturated rings. The first-order valence-electron chi connectivity index (χ1n) is 7.98. The second-order valence-corrected chi connectivity index (χ2v) is 6.07. The van der Waals surface area contributed by atoms with Crippen LogP contribution in [0.3, 0.4) is 0 Å². The molecule has 3 aromatic heterocycles. The van der Waals surface area contributed by atoms with Crippen LogP contribution in [0.5, 0.6) is 0 Å². The number of pyridine rings is 2. The van der Waals surface area contributed by atoms with Gasteiger partial charge in [0.15, 0.2) is 5.69 Å². The smallest absolute Gasteiger partial charge is 0.277 e. The van der Waals surface area contributed by atoms with Gasteiger partial charge in [0.25, 0.3) is 5.91 Å². The number of nitrogens with one attached hydrogen (secondary N) is 1. The minimum Gasteiger partial charge on any atom is -0.305 e. The predicted octanol–water partition coefficient (Wildman–Crippen LogP) is 2.68. The van der Waals surface area contributed by atoms with E-state index in [0.717, 1.165) is 22.6 Å². The molecule has 0 atom stereocenters. The lowest BCUT2D eigenvalue weighted by Crippen LogP contribution is -2.17. The van der Waals surface area contributed by atoms with E-state index in [9.17, 15) is 9.18 Å². The molecule has 0 aliphatic heterocycles. The zero-order chi connectivity index (χ0) is 17.6. The third-order valence-electron chi connectivity index (χ3n) is 4.29. The number of carbonyl (C=O) groups excluding carboxylic acids is 1. The maximum absolute atomic E-state index is 13.6. The monoisotopic (exact) mass is 337 g/mol. The molecule has 3 heterocycles. The quantitative estimate of drug-likeness (QED) is 0.780. The number of carbonyl (C=O) groups is 1. The lowest BCUT2D eigenvalue weighted by Gasteiger charge is -2.16. The topological polar surface area (TPSA) is 72.7 Å². The number of anilines is 1. The minimum absolute atomic E-state index is 0.317. The molecule has 0 saturated carbocycles. The highest BCUT2D eigenvalue weighted by Gasteiger charge is 2.28. The van der Waals surface area contributed by atoms with Crippen molar-refractivity contribution in [2.75, 3.05) is 5.32 Å². The zero-order valence-corrected chi connectivity index (χ0v) is 13.9. The highest BCUT2D eigenvalue weighted by Crippen LogP contribution is 2.34. The maximum Gasteiger partial charge on any atom is 0.277 e. The number of hydrogen-bond donors (Lipinski definition) is 1. The fourth-order valence-corrected chi connectivity index (χ4v) is 3.23. The number of aromatic nitrogens is 4. The van der Waals surface area contributed by atoms with E-state index in [0.29, 0.717) is 29.9 Å². The molecule has 25 heavy (non-hydrogen) atoms. The molecule has 4 rings (SSSR count). The second-order valence-electron chi connectivity index (χ2n) is 6.07. The van der Waals surface area contributed by atoms with Crippen molar-refractivity contribution in [2.45, 2.75) is 19.8 Å². The normalized spacial score (nSPS) is 12.4. The van der Waals surface area contributed by atoms with Gasteiger partial charge in [0.2, 0.25) is 0 Å². The van der Waals surface area contributed by atoms with E-state index >= 15 is 0 Å². The minimum atomic E-state index is -0.400. The summed E-state index contributed by atoms with van der Waals surface area (Å²) in [5.41, 5.74) is 4.24. The van der Waals surface area contributed by atoms with Crippen LogP contribution in [0.4, 0.5) is 10.2 Å². The van der Waals surface area contributed by atoms with Gasteiger partial charge in [0.1, 0.15) is 11.6 Å². The Morgan fingerprint density at radius 3 is 2.96 bits per heavy atom. The Morgan fingerprint density at radius 1 is 1.32 bits per heavy atom. The molecule has 1 aliphatic rings. The van der Waals surface area contributed by atoms with E-state index in [4.69, 9.17) is 0 Å². The van der Waals surface area contributed by atoms with E-state index in [1.807, 2.05) is 19.1 Å². The van der Waals surface area contributed by atoms with Crippen molar-refractivity contribution in [1.29, 1.82) is 0 Å². The Morgan fingerprint density at radius 2 is 2.16 bits per heavy atom. The lowest BCUT2D eigenvalue weighted by atomic mass is 9.92. The van der Waals surface area contributed by atoms with Crippen LogP contribution >= 0.6 is 0 Å². The van der Waals surface area contributed by atoms with Crippen LogP contribution in [0.2, 0.25) is 0 Å². The van der Waals surface area contributed by atoms with Gasteiger partial charge in [-0.1, -0.05) is 6.07 Å². The number of nitrogens with zero attached hydrogens (tertiary/aromatic N) is 4. The average molecular weight is 337 g/mol. The number of aryl methyl sites for hydroxylation is 3. The number of rotatable bonds is 2. The van der Waals surface area contributed by atoms with Crippen LogP contribution in [-0.2, 0) is 19.9 Å². The van der Waals surface area contributed by atoms with Gasteiger partial charge >= 0.3 is 0 Å². The summed E-state index contributed by atoms with van der Waals surface area (Å²) in [6, 6.07) is 6.87. The summed E-state index contributed by atoms with van der Waals surface area (Å²) in [6.45, 7) is 1.86. The highest BCUT2D eigenvalue weighted by atomic mass is 19.1. The van der Waals surface area contributed by atoms with Crippen LogP contribution in [0, 0.1) is 12.7 Å². The SMILES string of the molecule is Cc1cccc(NC(=O)c2nn(C)c3c2CCc2ncc(F)cc2-3)n1. The standard InChI is InChI=1S/C18H16FN5O/c1-10-4-3-5-15(21-10)22-18(25)16-12-6-7-14-13(8-11(19)9-20-14)17(12)24(2)23-16/h3-5,8-9H,6-7H2,1-2H3,(H,21,22,25). The average Bonchev–Trinajstić information content (AvgIpc) is 2.92. The van der Waals surface area contributed by atoms with Gasteiger partial charge in [0.05, 0.1) is 17.6 Å². The van der Waals surface area contributed by atoms with Crippen molar-refractivity contribution < 1.29 is 9.18 Å². The van der Waals surface area contributed by atoms with E-state index < -0.39 is 5.82 Å². The molecule has 7 heteroatoms. The Hall–Kier alpha value is -3.09. The molecule has 0 unspecified atom stereocenters. The summed E-state index contributed by atoms with van der Waals surface area (Å²) < 4.78 is 15.2. The number of halogens is 1. The Bertz CT molecular complexity index is 995. The molecule has 0 bridgehead atoms. The van der Waals surface area contributed by atoms with Crippen molar-refractivity contribution in [3.8, 4) is 11.3 Å². The third-order valence-corrected chi connectivity index (χ3v) is 4.29. The van der Waals surface area contributed by atoms with E-state index in [2.05, 4.69) is 20.4 Å². The van der Waals surface area contributed by atoms with E-state index in [1.165, 1.54) is 12.3 Å². The molecule has 0 saturated heterocycles. The van der Waals surface area contributed by atoms with Gasteiger partial charge in [0, 0.05) is 23.9 Å². The summed E-state index contributed by atoms with van der Waals surface area (Å²) in [6.07, 6.45) is 2.51. The third kappa shape index (κ3) is 2.67. The molecule has 1 amide bonds. The van der Waals surface area contributed by atoms with Crippen molar-refractivity contribution in [3.05, 3.63) is 58.9 Å². The Labute approximate surface area is 143 Å². The first kappa shape index (κ1) is 15.4. The highest BCUT2D eigenvalue weighted by molar-refractivity contribution is 6.04. The fourth-order valence-electron chi connectivity index (χ4n) is 3.23. The molecular formula is C18H16FN5O. The van der Waals surface area contributed by atoms with Crippen molar-refractivity contribution >= 4 is 11.7 Å². The predicted molar refractivity (Wildman–Crippen MR) is 90.7 cm³/mol. The van der Waals surface area contributed by atoms with Crippen LogP contribution in [0.1, 0.15) is 27.4 Å². The molecule has 6 nitrogen and oxygen atoms in total. The first-order chi connectivity index (χ1) is 12.0. The molecule has 0 spiro atoms. The molecule has 3 aromatic rings. The molecule has 1 N–H and O–H groups in total. The van der Waals surface area contributed by atoms with Crippen LogP contribution in [-0.4, -0.2) is 25.7 Å². The first-order valence-corrected chi connectivity index (χ1v) is 7.98. The van der Waals surface area contributed by atoms with E-state index in [1.54, 1.807) is 17.8 Å².